The molecule has 0 spiro atoms. The number of nitrogens with zero attached hydrogens (tertiary/aromatic N) is 7. The Morgan fingerprint density at radius 2 is 1.11 bits per heavy atom. The summed E-state index contributed by atoms with van der Waals surface area (Å²) in [5.74, 6) is -1.80. The Labute approximate surface area is 378 Å². The van der Waals surface area contributed by atoms with Crippen LogP contribution >= 0.6 is 11.6 Å². The number of halogens is 1. The highest BCUT2D eigenvalue weighted by atomic mass is 35.5. The number of hydrogen-bond acceptors (Lipinski definition) is 22. The van der Waals surface area contributed by atoms with Gasteiger partial charge in [0, 0.05) is 17.6 Å². The van der Waals surface area contributed by atoms with Crippen molar-refractivity contribution in [3.05, 3.63) is 78.1 Å². The molecule has 0 aliphatic rings. The molecule has 10 N–H and O–H groups in total. The van der Waals surface area contributed by atoms with E-state index in [-0.39, 0.29) is 27.8 Å². The zero-order valence-electron chi connectivity index (χ0n) is 32.1. The second-order valence-electron chi connectivity index (χ2n) is 13.0. The van der Waals surface area contributed by atoms with Crippen molar-refractivity contribution in [3.8, 4) is 5.75 Å². The number of nitrogens with one attached hydrogen (secondary N) is 2. The Kier molecular flexibility index (Phi) is 13.3. The third-order valence-corrected chi connectivity index (χ3v) is 13.9. The minimum absolute atomic E-state index is 0.0212. The number of nitrogen functional groups attached to an aromatic ring is 1. The summed E-state index contributed by atoms with van der Waals surface area (Å²) in [5.41, 5.74) is 1.58. The number of azo groups is 2. The molecule has 6 aromatic rings. The van der Waals surface area contributed by atoms with Gasteiger partial charge >= 0.3 is 0 Å². The molecule has 6 rings (SSSR count). The standard InChI is InChI=1S/C32H25ClN10O17S6/c1-62(47,48)18-6-2-15(3-7-18)35-31-37-30(33)38-32(39-31)36-16-4-9-21(63(49,50)51)20(12-16)41-43-28-24(66(58,59)60)11-14-10-23(65(55,56)57)27(26(34)25(14)29(28)44)42-40-19-8-5-17(61(45)46)13-22(19)64(52,53)54/h2-13,44H,34H2,1H3,(H,45,46)(H,49,50,51)(H,52,53,54)(H,55,56,57)(H,58,59,60)(H2,35,36,37,38,39). The van der Waals surface area contributed by atoms with Gasteiger partial charge in [-0.1, -0.05) is 0 Å². The number of phenols is 1. The second-order valence-corrected chi connectivity index (χ2v) is 21.9. The predicted molar refractivity (Wildman–Crippen MR) is 231 cm³/mol. The van der Waals surface area contributed by atoms with Crippen LogP contribution in [0.2, 0.25) is 5.28 Å². The van der Waals surface area contributed by atoms with Crippen molar-refractivity contribution in [1.82, 2.24) is 15.0 Å². The first-order chi connectivity index (χ1) is 30.4. The minimum atomic E-state index is -5.50. The average Bonchev–Trinajstić information content (AvgIpc) is 3.18. The summed E-state index contributed by atoms with van der Waals surface area (Å²) in [5, 5.41) is 29.5. The number of aromatic nitrogens is 3. The molecular weight excluding hydrogens is 1020 g/mol. The number of aromatic hydroxyl groups is 1. The quantitative estimate of drug-likeness (QED) is 0.0291. The molecule has 0 saturated carbocycles. The lowest BCUT2D eigenvalue weighted by Crippen LogP contribution is -2.05. The summed E-state index contributed by atoms with van der Waals surface area (Å²) < 4.78 is 184. The molecule has 5 aromatic carbocycles. The maximum absolute atomic E-state index is 12.6. The monoisotopic (exact) mass is 1050 g/mol. The molecule has 0 fully saturated rings. The van der Waals surface area contributed by atoms with Gasteiger partial charge in [-0.3, -0.25) is 18.2 Å². The molecule has 348 valence electrons. The lowest BCUT2D eigenvalue weighted by atomic mass is 10.1. The predicted octanol–water partition coefficient (Wildman–Crippen LogP) is 5.25. The molecule has 1 aromatic heterocycles. The van der Waals surface area contributed by atoms with E-state index in [1.807, 2.05) is 0 Å². The molecule has 0 radical (unpaired) electrons. The van der Waals surface area contributed by atoms with Gasteiger partial charge < -0.3 is 26.0 Å². The SMILES string of the molecule is CS(=O)(=O)c1ccc(Nc2nc(Cl)nc(Nc3ccc(S(=O)(=O)O)c(N=Nc4c(S(=O)(=O)O)cc5cc(S(=O)(=O)O)c(N=Nc6ccc(S(=O)O)cc6S(=O)(=O)O)c(N)c5c4O)c3)n2)cc1. The molecule has 0 aliphatic carbocycles. The van der Waals surface area contributed by atoms with Gasteiger partial charge in [0.15, 0.2) is 26.7 Å². The number of fused-ring (bicyclic) bond motifs is 1. The molecule has 27 nitrogen and oxygen atoms in total. The van der Waals surface area contributed by atoms with Crippen LogP contribution in [-0.4, -0.2) is 95.4 Å². The normalized spacial score (nSPS) is 13.4. The Morgan fingerprint density at radius 3 is 1.64 bits per heavy atom. The Hall–Kier alpha value is -6.24. The summed E-state index contributed by atoms with van der Waals surface area (Å²) in [6, 6.07) is 11.3. The lowest BCUT2D eigenvalue weighted by molar-refractivity contribution is 0.472. The number of rotatable bonds is 14. The van der Waals surface area contributed by atoms with E-state index in [1.54, 1.807) is 0 Å². The molecule has 1 unspecified atom stereocenters. The summed E-state index contributed by atoms with van der Waals surface area (Å²) in [4.78, 5) is 6.79. The summed E-state index contributed by atoms with van der Waals surface area (Å²) in [7, 11) is -24.8. The highest BCUT2D eigenvalue weighted by molar-refractivity contribution is 7.90. The van der Waals surface area contributed by atoms with Crippen LogP contribution in [0.25, 0.3) is 10.8 Å². The lowest BCUT2D eigenvalue weighted by Gasteiger charge is -2.14. The van der Waals surface area contributed by atoms with Crippen LogP contribution in [-0.2, 0) is 61.4 Å². The first-order valence-electron chi connectivity index (χ1n) is 16.9. The fourth-order valence-electron chi connectivity index (χ4n) is 5.60. The molecule has 0 amide bonds. The third-order valence-electron chi connectivity index (χ3n) is 8.44. The first-order valence-corrected chi connectivity index (χ1v) is 26.1. The van der Waals surface area contributed by atoms with Crippen molar-refractivity contribution in [2.45, 2.75) is 29.4 Å². The topological polar surface area (TPSA) is 447 Å². The highest BCUT2D eigenvalue weighted by Crippen LogP contribution is 2.49. The van der Waals surface area contributed by atoms with Crippen molar-refractivity contribution in [2.75, 3.05) is 22.6 Å². The minimum Gasteiger partial charge on any atom is -0.505 e. The average molecular weight is 1050 g/mol. The number of sulfone groups is 1. The van der Waals surface area contributed by atoms with Crippen LogP contribution in [0, 0.1) is 0 Å². The molecule has 66 heavy (non-hydrogen) atoms. The smallest absolute Gasteiger partial charge is 0.296 e. The fraction of sp³-hybridized carbons (Fsp3) is 0.0312. The Bertz CT molecular complexity index is 3690. The molecule has 0 aliphatic heterocycles. The van der Waals surface area contributed by atoms with E-state index in [0.29, 0.717) is 23.9 Å². The molecule has 0 saturated heterocycles. The van der Waals surface area contributed by atoms with Crippen LogP contribution in [0.4, 0.5) is 51.7 Å². The van der Waals surface area contributed by atoms with Crippen LogP contribution in [0.5, 0.6) is 5.75 Å². The van der Waals surface area contributed by atoms with Crippen LogP contribution in [0.3, 0.4) is 0 Å². The number of benzene rings is 5. The van der Waals surface area contributed by atoms with Gasteiger partial charge in [-0.15, -0.1) is 20.5 Å². The molecule has 1 heterocycles. The number of anilines is 5. The Balaban J connectivity index is 1.47. The molecule has 34 heteroatoms. The van der Waals surface area contributed by atoms with Gasteiger partial charge in [-0.25, -0.2) is 12.6 Å². The van der Waals surface area contributed by atoms with Crippen molar-refractivity contribution < 1.29 is 74.2 Å². The first kappa shape index (κ1) is 49.2. The van der Waals surface area contributed by atoms with Crippen LogP contribution in [0.15, 0.2) is 123 Å². The van der Waals surface area contributed by atoms with E-state index in [9.17, 15) is 74.2 Å². The van der Waals surface area contributed by atoms with E-state index < -0.39 is 131 Å². The molecular formula is C32H25ClN10O17S6. The van der Waals surface area contributed by atoms with Gasteiger partial charge in [0.05, 0.1) is 20.9 Å². The van der Waals surface area contributed by atoms with Gasteiger partial charge in [-0.2, -0.15) is 48.6 Å². The van der Waals surface area contributed by atoms with E-state index in [2.05, 4.69) is 46.0 Å². The maximum Gasteiger partial charge on any atom is 0.296 e. The molecule has 1 atom stereocenters. The largest absolute Gasteiger partial charge is 0.505 e. The summed E-state index contributed by atoms with van der Waals surface area (Å²) in [6.07, 6.45) is 1.01. The number of hydrogen-bond donors (Lipinski definition) is 9. The Morgan fingerprint density at radius 1 is 0.606 bits per heavy atom. The van der Waals surface area contributed by atoms with Gasteiger partial charge in [0.2, 0.25) is 17.2 Å². The zero-order chi connectivity index (χ0) is 48.9. The third kappa shape index (κ3) is 11.1. The summed E-state index contributed by atoms with van der Waals surface area (Å²) >= 11 is 3.31. The number of nitrogens with two attached hydrogens (primary N) is 1. The van der Waals surface area contributed by atoms with E-state index in [0.717, 1.165) is 36.6 Å². The van der Waals surface area contributed by atoms with Crippen molar-refractivity contribution >= 4 is 135 Å². The fourth-order valence-corrected chi connectivity index (χ4v) is 9.45. The number of phenolic OH excluding ortho intramolecular Hbond substituents is 1. The van der Waals surface area contributed by atoms with Crippen molar-refractivity contribution in [3.63, 3.8) is 0 Å². The maximum atomic E-state index is 12.6. The van der Waals surface area contributed by atoms with Gasteiger partial charge in [-0.05, 0) is 89.8 Å². The zero-order valence-corrected chi connectivity index (χ0v) is 37.8. The van der Waals surface area contributed by atoms with Crippen molar-refractivity contribution in [1.29, 1.82) is 0 Å². The van der Waals surface area contributed by atoms with Gasteiger partial charge in [0.1, 0.15) is 42.3 Å². The van der Waals surface area contributed by atoms with E-state index in [4.69, 9.17) is 17.3 Å². The van der Waals surface area contributed by atoms with Crippen LogP contribution in [0.1, 0.15) is 0 Å². The molecule has 0 bridgehead atoms. The van der Waals surface area contributed by atoms with Crippen LogP contribution < -0.4 is 16.4 Å². The van der Waals surface area contributed by atoms with Crippen molar-refractivity contribution in [2.24, 2.45) is 20.5 Å². The van der Waals surface area contributed by atoms with E-state index in [1.165, 1.54) is 24.3 Å². The summed E-state index contributed by atoms with van der Waals surface area (Å²) in [6.45, 7) is 0. The second kappa shape index (κ2) is 17.9. The van der Waals surface area contributed by atoms with Gasteiger partial charge in [0.25, 0.3) is 40.5 Å². The van der Waals surface area contributed by atoms with E-state index >= 15 is 0 Å². The highest BCUT2D eigenvalue weighted by Gasteiger charge is 2.29.